The first kappa shape index (κ1) is 62.6. The number of hydrogen-bond donors (Lipinski definition) is 3. The lowest BCUT2D eigenvalue weighted by molar-refractivity contribution is -0.149. The summed E-state index contributed by atoms with van der Waals surface area (Å²) in [5, 5.41) is 9.05. The number of rotatable bonds is 49. The zero-order chi connectivity index (χ0) is 50.9. The van der Waals surface area contributed by atoms with Gasteiger partial charge in [-0.3, -0.25) is 19.2 Å². The van der Waals surface area contributed by atoms with Gasteiger partial charge < -0.3 is 25.4 Å². The molecule has 3 N–H and O–H groups in total. The lowest BCUT2D eigenvalue weighted by atomic mass is 9.49. The van der Waals surface area contributed by atoms with Crippen LogP contribution in [0.5, 0.6) is 0 Å². The topological polar surface area (TPSA) is 140 Å². The van der Waals surface area contributed by atoms with E-state index in [1.165, 1.54) is 180 Å². The van der Waals surface area contributed by atoms with Crippen LogP contribution in [0.1, 0.15) is 303 Å². The average Bonchev–Trinajstić information content (AvgIpc) is 3.34. The van der Waals surface area contributed by atoms with E-state index in [4.69, 9.17) is 9.47 Å². The van der Waals surface area contributed by atoms with Crippen molar-refractivity contribution in [3.05, 3.63) is 0 Å². The lowest BCUT2D eigenvalue weighted by Gasteiger charge is -2.56. The van der Waals surface area contributed by atoms with E-state index >= 15 is 0 Å². The molecule has 412 valence electrons. The van der Waals surface area contributed by atoms with Crippen LogP contribution < -0.4 is 16.0 Å². The third-order valence-electron chi connectivity index (χ3n) is 16.3. The van der Waals surface area contributed by atoms with Gasteiger partial charge in [0.05, 0.1) is 13.2 Å². The molecule has 1 atom stereocenters. The van der Waals surface area contributed by atoms with E-state index in [-0.39, 0.29) is 48.4 Å². The van der Waals surface area contributed by atoms with Crippen LogP contribution in [0.3, 0.4) is 0 Å². The Kier molecular flexibility index (Phi) is 36.8. The molecule has 0 unspecified atom stereocenters. The minimum atomic E-state index is -0.885. The molecule has 3 amide bonds. The number of amides is 3. The van der Waals surface area contributed by atoms with Crippen molar-refractivity contribution in [1.82, 2.24) is 16.0 Å². The van der Waals surface area contributed by atoms with Gasteiger partial charge >= 0.3 is 11.9 Å². The summed E-state index contributed by atoms with van der Waals surface area (Å²) >= 11 is 0. The molecule has 0 aromatic heterocycles. The summed E-state index contributed by atoms with van der Waals surface area (Å²) in [5.41, 5.74) is 0.274. The van der Waals surface area contributed by atoms with Gasteiger partial charge in [-0.15, -0.1) is 0 Å². The summed E-state index contributed by atoms with van der Waals surface area (Å²) in [7, 11) is 0. The number of carbonyl (C=O) groups is 5. The Morgan fingerprint density at radius 3 is 1.23 bits per heavy atom. The molecule has 4 aliphatic rings. The molecule has 10 heteroatoms. The minimum Gasteiger partial charge on any atom is -0.466 e. The fourth-order valence-electron chi connectivity index (χ4n) is 12.5. The molecule has 10 nitrogen and oxygen atoms in total. The smallest absolute Gasteiger partial charge is 0.328 e. The molecule has 0 aromatic rings. The van der Waals surface area contributed by atoms with Gasteiger partial charge in [0, 0.05) is 38.8 Å². The van der Waals surface area contributed by atoms with E-state index in [1.54, 1.807) is 0 Å². The van der Waals surface area contributed by atoms with Crippen molar-refractivity contribution in [1.29, 1.82) is 0 Å². The first-order chi connectivity index (χ1) is 34.7. The molecule has 0 saturated heterocycles. The van der Waals surface area contributed by atoms with E-state index in [0.29, 0.717) is 45.6 Å². The van der Waals surface area contributed by atoms with Gasteiger partial charge in [0.25, 0.3) is 0 Å². The number of unbranched alkanes of at least 4 members (excludes halogenated alkanes) is 30. The highest BCUT2D eigenvalue weighted by Crippen LogP contribution is 2.61. The number of hydrogen-bond acceptors (Lipinski definition) is 7. The summed E-state index contributed by atoms with van der Waals surface area (Å²) in [6.07, 6.45) is 49.8. The zero-order valence-electron chi connectivity index (χ0n) is 46.3. The van der Waals surface area contributed by atoms with Crippen LogP contribution in [0.4, 0.5) is 0 Å². The molecular formula is C61H111N3O7. The fraction of sp³-hybridized carbons (Fsp3) is 0.918. The molecule has 4 saturated carbocycles. The Bertz CT molecular complexity index is 1350. The molecule has 4 bridgehead atoms. The van der Waals surface area contributed by atoms with E-state index in [2.05, 4.69) is 29.8 Å². The molecule has 0 aromatic carbocycles. The normalized spacial score (nSPS) is 19.4. The van der Waals surface area contributed by atoms with E-state index in [9.17, 15) is 24.0 Å². The number of esters is 2. The Labute approximate surface area is 435 Å². The first-order valence-electron chi connectivity index (χ1n) is 30.9. The number of ether oxygens (including phenoxy) is 2. The standard InChI is InChI=1S/C61H111N3O7/c1-3-5-7-9-11-13-15-17-19-21-23-25-27-35-43-70-59(68)40-39-55(60(69)71-44-36-28-26-24-22-20-18-16-14-12-10-8-6-4-2)64-57(66)38-32-30-33-41-62-56(65)37-31-29-34-42-63-58(67)51-61-48-52-45-53(49-61)47-54(46-52)50-61/h52-55H,3-51H2,1-2H3,(H,62,65)(H,63,67)(H,64,66)/t52?,53?,54?,55-,61?/m0/s1. The van der Waals surface area contributed by atoms with E-state index < -0.39 is 12.0 Å². The highest BCUT2D eigenvalue weighted by atomic mass is 16.5. The van der Waals surface area contributed by atoms with Gasteiger partial charge in [-0.2, -0.15) is 0 Å². The summed E-state index contributed by atoms with van der Waals surface area (Å²) in [6.45, 7) is 6.49. The minimum absolute atomic E-state index is 0.0437. The Balaban J connectivity index is 1.21. The second kappa shape index (κ2) is 41.7. The average molecular weight is 999 g/mol. The molecule has 0 heterocycles. The Morgan fingerprint density at radius 1 is 0.423 bits per heavy atom. The van der Waals surface area contributed by atoms with Crippen molar-refractivity contribution in [2.75, 3.05) is 26.3 Å². The van der Waals surface area contributed by atoms with Crippen molar-refractivity contribution >= 4 is 29.7 Å². The quantitative estimate of drug-likeness (QED) is 0.0407. The monoisotopic (exact) mass is 998 g/mol. The molecule has 0 spiro atoms. The fourth-order valence-corrected chi connectivity index (χ4v) is 12.5. The molecule has 4 fully saturated rings. The van der Waals surface area contributed by atoms with Crippen LogP contribution >= 0.6 is 0 Å². The number of carbonyl (C=O) groups excluding carboxylic acids is 5. The van der Waals surface area contributed by atoms with Gasteiger partial charge in [-0.05, 0) is 107 Å². The predicted octanol–water partition coefficient (Wildman–Crippen LogP) is 15.3. The molecule has 71 heavy (non-hydrogen) atoms. The Hall–Kier alpha value is -2.65. The van der Waals surface area contributed by atoms with Gasteiger partial charge in [-0.1, -0.05) is 194 Å². The van der Waals surface area contributed by atoms with Crippen LogP contribution in [-0.4, -0.2) is 62.0 Å². The van der Waals surface area contributed by atoms with Gasteiger partial charge in [0.1, 0.15) is 6.04 Å². The van der Waals surface area contributed by atoms with Gasteiger partial charge in [0.2, 0.25) is 17.7 Å². The van der Waals surface area contributed by atoms with Crippen molar-refractivity contribution < 1.29 is 33.4 Å². The van der Waals surface area contributed by atoms with Gasteiger partial charge in [0.15, 0.2) is 0 Å². The van der Waals surface area contributed by atoms with Crippen molar-refractivity contribution in [2.45, 2.75) is 309 Å². The highest BCUT2D eigenvalue weighted by Gasteiger charge is 2.51. The summed E-state index contributed by atoms with van der Waals surface area (Å²) < 4.78 is 11.2. The van der Waals surface area contributed by atoms with Crippen molar-refractivity contribution in [3.8, 4) is 0 Å². The molecule has 4 aliphatic carbocycles. The lowest BCUT2D eigenvalue weighted by Crippen LogP contribution is -2.48. The second-order valence-corrected chi connectivity index (χ2v) is 23.2. The maximum atomic E-state index is 13.2. The van der Waals surface area contributed by atoms with E-state index in [0.717, 1.165) is 88.4 Å². The third kappa shape index (κ3) is 32.3. The van der Waals surface area contributed by atoms with Crippen LogP contribution in [0, 0.1) is 23.2 Å². The maximum absolute atomic E-state index is 13.2. The summed E-state index contributed by atoms with van der Waals surface area (Å²) in [4.78, 5) is 64.2. The van der Waals surface area contributed by atoms with Crippen LogP contribution in [0.15, 0.2) is 0 Å². The summed E-state index contributed by atoms with van der Waals surface area (Å²) in [6, 6.07) is -0.885. The Morgan fingerprint density at radius 2 is 0.789 bits per heavy atom. The largest absolute Gasteiger partial charge is 0.466 e. The van der Waals surface area contributed by atoms with Crippen LogP contribution in [-0.2, 0) is 33.4 Å². The third-order valence-corrected chi connectivity index (χ3v) is 16.3. The van der Waals surface area contributed by atoms with Crippen LogP contribution in [0.2, 0.25) is 0 Å². The first-order valence-corrected chi connectivity index (χ1v) is 30.9. The van der Waals surface area contributed by atoms with E-state index in [1.807, 2.05) is 0 Å². The molecule has 0 radical (unpaired) electrons. The van der Waals surface area contributed by atoms with Gasteiger partial charge in [-0.25, -0.2) is 4.79 Å². The summed E-state index contributed by atoms with van der Waals surface area (Å²) in [5.74, 6) is 1.80. The van der Waals surface area contributed by atoms with Crippen LogP contribution in [0.25, 0.3) is 0 Å². The predicted molar refractivity (Wildman–Crippen MR) is 292 cm³/mol. The molecular weight excluding hydrogens is 887 g/mol. The second-order valence-electron chi connectivity index (χ2n) is 23.2. The SMILES string of the molecule is CCCCCCCCCCCCCCCCOC(=O)CC[C@H](NC(=O)CCCCCNC(=O)CCCCCNC(=O)CC12CC3CC(CC(C3)C1)C2)C(=O)OCCCCCCCCCCCCCCCC. The zero-order valence-corrected chi connectivity index (χ0v) is 46.3. The van der Waals surface area contributed by atoms with Crippen molar-refractivity contribution in [2.24, 2.45) is 23.2 Å². The highest BCUT2D eigenvalue weighted by molar-refractivity contribution is 5.85. The molecule has 4 rings (SSSR count). The number of nitrogens with one attached hydrogen (secondary N) is 3. The van der Waals surface area contributed by atoms with Crippen molar-refractivity contribution in [3.63, 3.8) is 0 Å². The molecule has 0 aliphatic heterocycles. The maximum Gasteiger partial charge on any atom is 0.328 e.